The number of hydrogen-bond donors (Lipinski definition) is 2. The molecule has 0 saturated heterocycles. The zero-order valence-electron chi connectivity index (χ0n) is 11.3. The standard InChI is InChI=1S/C15H17NO3S/c1-2-19-12-5-3-4-11(8-12)16-10-14-7-6-13(20-14)9-15(17)18/h3-8,16H,2,9-10H2,1H3,(H,17,18). The van der Waals surface area contributed by atoms with Crippen LogP contribution in [0.25, 0.3) is 0 Å². The van der Waals surface area contributed by atoms with Gasteiger partial charge in [-0.25, -0.2) is 0 Å². The van der Waals surface area contributed by atoms with Crippen molar-refractivity contribution in [3.05, 3.63) is 46.2 Å². The van der Waals surface area contributed by atoms with E-state index >= 15 is 0 Å². The van der Waals surface area contributed by atoms with Gasteiger partial charge in [-0.2, -0.15) is 0 Å². The first-order valence-corrected chi connectivity index (χ1v) is 7.25. The van der Waals surface area contributed by atoms with Gasteiger partial charge in [-0.15, -0.1) is 11.3 Å². The predicted octanol–water partition coefficient (Wildman–Crippen LogP) is 3.39. The molecule has 0 fully saturated rings. The van der Waals surface area contributed by atoms with Gasteiger partial charge < -0.3 is 15.2 Å². The van der Waals surface area contributed by atoms with Gasteiger partial charge in [0.1, 0.15) is 5.75 Å². The van der Waals surface area contributed by atoms with Crippen molar-refractivity contribution >= 4 is 23.0 Å². The molecule has 0 saturated carbocycles. The lowest BCUT2D eigenvalue weighted by Gasteiger charge is -2.07. The summed E-state index contributed by atoms with van der Waals surface area (Å²) < 4.78 is 5.44. The number of nitrogens with one attached hydrogen (secondary N) is 1. The summed E-state index contributed by atoms with van der Waals surface area (Å²) in [5, 5.41) is 12.1. The van der Waals surface area contributed by atoms with Crippen LogP contribution in [-0.4, -0.2) is 17.7 Å². The van der Waals surface area contributed by atoms with Crippen LogP contribution in [0.15, 0.2) is 36.4 Å². The Hall–Kier alpha value is -2.01. The number of rotatable bonds is 7. The molecular formula is C15H17NO3S. The van der Waals surface area contributed by atoms with E-state index in [4.69, 9.17) is 9.84 Å². The fourth-order valence-electron chi connectivity index (χ4n) is 1.81. The van der Waals surface area contributed by atoms with E-state index in [2.05, 4.69) is 5.32 Å². The fourth-order valence-corrected chi connectivity index (χ4v) is 2.76. The summed E-state index contributed by atoms with van der Waals surface area (Å²) in [5.41, 5.74) is 0.990. The molecule has 4 nitrogen and oxygen atoms in total. The van der Waals surface area contributed by atoms with Crippen LogP contribution in [0.2, 0.25) is 0 Å². The number of thiophene rings is 1. The van der Waals surface area contributed by atoms with Crippen molar-refractivity contribution in [2.24, 2.45) is 0 Å². The number of aliphatic carboxylic acids is 1. The third-order valence-electron chi connectivity index (χ3n) is 2.65. The Bertz CT molecular complexity index is 580. The molecule has 2 N–H and O–H groups in total. The second kappa shape index (κ2) is 6.96. The molecule has 0 amide bonds. The molecule has 106 valence electrons. The first kappa shape index (κ1) is 14.4. The van der Waals surface area contributed by atoms with Crippen LogP contribution in [0.5, 0.6) is 5.75 Å². The van der Waals surface area contributed by atoms with Crippen molar-refractivity contribution in [1.29, 1.82) is 0 Å². The van der Waals surface area contributed by atoms with Gasteiger partial charge >= 0.3 is 5.97 Å². The van der Waals surface area contributed by atoms with Crippen LogP contribution in [-0.2, 0) is 17.8 Å². The quantitative estimate of drug-likeness (QED) is 0.821. The maximum absolute atomic E-state index is 10.6. The molecule has 0 radical (unpaired) electrons. The molecule has 5 heteroatoms. The SMILES string of the molecule is CCOc1cccc(NCc2ccc(CC(=O)O)s2)c1. The monoisotopic (exact) mass is 291 g/mol. The van der Waals surface area contributed by atoms with E-state index in [1.807, 2.05) is 43.3 Å². The molecule has 1 heterocycles. The van der Waals surface area contributed by atoms with E-state index in [9.17, 15) is 4.79 Å². The Labute approximate surface area is 122 Å². The van der Waals surface area contributed by atoms with Gasteiger partial charge in [-0.05, 0) is 31.2 Å². The predicted molar refractivity (Wildman–Crippen MR) is 80.6 cm³/mol. The van der Waals surface area contributed by atoms with Crippen LogP contribution in [0.3, 0.4) is 0 Å². The van der Waals surface area contributed by atoms with E-state index in [1.165, 1.54) is 11.3 Å². The number of carboxylic acid groups (broad SMARTS) is 1. The minimum Gasteiger partial charge on any atom is -0.494 e. The third-order valence-corrected chi connectivity index (χ3v) is 3.74. The van der Waals surface area contributed by atoms with Crippen LogP contribution < -0.4 is 10.1 Å². The van der Waals surface area contributed by atoms with Gasteiger partial charge in [0.15, 0.2) is 0 Å². The second-order valence-corrected chi connectivity index (χ2v) is 5.51. The molecule has 0 unspecified atom stereocenters. The molecule has 0 bridgehead atoms. The smallest absolute Gasteiger partial charge is 0.308 e. The summed E-state index contributed by atoms with van der Waals surface area (Å²) in [5.74, 6) is 0.0472. The van der Waals surface area contributed by atoms with Crippen LogP contribution in [0, 0.1) is 0 Å². The van der Waals surface area contributed by atoms with Gasteiger partial charge in [0.25, 0.3) is 0 Å². The van der Waals surface area contributed by atoms with Crippen molar-refractivity contribution in [1.82, 2.24) is 0 Å². The molecule has 20 heavy (non-hydrogen) atoms. The molecule has 1 aromatic heterocycles. The minimum atomic E-state index is -0.796. The summed E-state index contributed by atoms with van der Waals surface area (Å²) in [6.45, 7) is 3.28. The Morgan fingerprint density at radius 1 is 1.30 bits per heavy atom. The van der Waals surface area contributed by atoms with E-state index < -0.39 is 5.97 Å². The van der Waals surface area contributed by atoms with Crippen LogP contribution in [0.4, 0.5) is 5.69 Å². The Kier molecular flexibility index (Phi) is 5.01. The third kappa shape index (κ3) is 4.28. The van der Waals surface area contributed by atoms with E-state index in [0.717, 1.165) is 21.2 Å². The highest BCUT2D eigenvalue weighted by molar-refractivity contribution is 7.12. The van der Waals surface area contributed by atoms with Crippen LogP contribution >= 0.6 is 11.3 Å². The summed E-state index contributed by atoms with van der Waals surface area (Å²) in [7, 11) is 0. The molecule has 0 aliphatic carbocycles. The highest BCUT2D eigenvalue weighted by Gasteiger charge is 2.04. The number of carboxylic acids is 1. The van der Waals surface area contributed by atoms with E-state index in [0.29, 0.717) is 13.2 Å². The average molecular weight is 291 g/mol. The molecular weight excluding hydrogens is 274 g/mol. The lowest BCUT2D eigenvalue weighted by molar-refractivity contribution is -0.136. The largest absolute Gasteiger partial charge is 0.494 e. The molecule has 2 aromatic rings. The molecule has 0 atom stereocenters. The summed E-state index contributed by atoms with van der Waals surface area (Å²) in [6.07, 6.45) is 0.0878. The Balaban J connectivity index is 1.92. The lowest BCUT2D eigenvalue weighted by atomic mass is 10.3. The Morgan fingerprint density at radius 2 is 2.10 bits per heavy atom. The number of benzene rings is 1. The van der Waals surface area contributed by atoms with Crippen molar-refractivity contribution in [2.45, 2.75) is 19.9 Å². The average Bonchev–Trinajstić information content (AvgIpc) is 2.84. The molecule has 1 aromatic carbocycles. The van der Waals surface area contributed by atoms with Gasteiger partial charge in [0.05, 0.1) is 13.0 Å². The first-order valence-electron chi connectivity index (χ1n) is 6.43. The first-order chi connectivity index (χ1) is 9.67. The van der Waals surface area contributed by atoms with E-state index in [-0.39, 0.29) is 6.42 Å². The Morgan fingerprint density at radius 3 is 2.85 bits per heavy atom. The summed E-state index contributed by atoms with van der Waals surface area (Å²) in [6, 6.07) is 11.6. The van der Waals surface area contributed by atoms with Gasteiger partial charge in [0.2, 0.25) is 0 Å². The van der Waals surface area contributed by atoms with Crippen molar-refractivity contribution in [3.8, 4) is 5.75 Å². The highest BCUT2D eigenvalue weighted by atomic mass is 32.1. The van der Waals surface area contributed by atoms with Crippen molar-refractivity contribution in [2.75, 3.05) is 11.9 Å². The number of ether oxygens (including phenoxy) is 1. The lowest BCUT2D eigenvalue weighted by Crippen LogP contribution is -1.98. The maximum atomic E-state index is 10.6. The number of carbonyl (C=O) groups is 1. The van der Waals surface area contributed by atoms with Crippen molar-refractivity contribution in [3.63, 3.8) is 0 Å². The topological polar surface area (TPSA) is 58.6 Å². The normalized spacial score (nSPS) is 10.2. The maximum Gasteiger partial charge on any atom is 0.308 e. The fraction of sp³-hybridized carbons (Fsp3) is 0.267. The van der Waals surface area contributed by atoms with Gasteiger partial charge in [-0.1, -0.05) is 6.07 Å². The molecule has 2 rings (SSSR count). The molecule has 0 spiro atoms. The van der Waals surface area contributed by atoms with Crippen molar-refractivity contribution < 1.29 is 14.6 Å². The van der Waals surface area contributed by atoms with Crippen LogP contribution in [0.1, 0.15) is 16.7 Å². The van der Waals surface area contributed by atoms with E-state index in [1.54, 1.807) is 0 Å². The zero-order valence-corrected chi connectivity index (χ0v) is 12.1. The number of hydrogen-bond acceptors (Lipinski definition) is 4. The summed E-state index contributed by atoms with van der Waals surface area (Å²) in [4.78, 5) is 12.6. The minimum absolute atomic E-state index is 0.0878. The number of anilines is 1. The van der Waals surface area contributed by atoms with Gasteiger partial charge in [0, 0.05) is 28.1 Å². The highest BCUT2D eigenvalue weighted by Crippen LogP contribution is 2.21. The summed E-state index contributed by atoms with van der Waals surface area (Å²) >= 11 is 1.52. The molecule has 0 aliphatic rings. The molecule has 0 aliphatic heterocycles. The second-order valence-electron chi connectivity index (χ2n) is 4.25. The zero-order chi connectivity index (χ0) is 14.4. The van der Waals surface area contributed by atoms with Gasteiger partial charge in [-0.3, -0.25) is 4.79 Å².